The van der Waals surface area contributed by atoms with Crippen molar-refractivity contribution in [3.63, 3.8) is 0 Å². The summed E-state index contributed by atoms with van der Waals surface area (Å²) in [5.74, 6) is -0.0383. The average molecular weight is 359 g/mol. The summed E-state index contributed by atoms with van der Waals surface area (Å²) in [6.45, 7) is 9.66. The topological polar surface area (TPSA) is 48.5 Å². The summed E-state index contributed by atoms with van der Waals surface area (Å²) in [4.78, 5) is 22.8. The molecule has 6 heteroatoms. The molecule has 25 heavy (non-hydrogen) atoms. The third kappa shape index (κ3) is 4.45. The summed E-state index contributed by atoms with van der Waals surface area (Å²) in [5.41, 5.74) is 0.655. The molecule has 2 unspecified atom stereocenters. The second-order valence-corrected chi connectivity index (χ2v) is 7.41. The Balaban J connectivity index is 1.72. The van der Waals surface area contributed by atoms with Gasteiger partial charge in [-0.3, -0.25) is 14.7 Å². The average Bonchev–Trinajstić information content (AvgIpc) is 3.17. The Hall–Kier alpha value is -1.76. The van der Waals surface area contributed by atoms with Crippen LogP contribution in [0.2, 0.25) is 0 Å². The number of amides is 1. The molecule has 0 radical (unpaired) electrons. The lowest BCUT2D eigenvalue weighted by atomic mass is 10.0. The van der Waals surface area contributed by atoms with Crippen LogP contribution >= 0.6 is 11.3 Å². The van der Waals surface area contributed by atoms with Gasteiger partial charge in [0.25, 0.3) is 5.91 Å². The summed E-state index contributed by atoms with van der Waals surface area (Å²) >= 11 is 1.77. The lowest BCUT2D eigenvalue weighted by Gasteiger charge is -2.41. The standard InChI is InChI=1S/C19H26N4OS/c1-3-22-10-12-23(13-11-22)18(17-5-4-14-25-17)15(2)21-19(24)16-6-8-20-9-7-16/h4-9,14-15,18H,3,10-13H2,1-2H3,(H,21,24). The fourth-order valence-electron chi connectivity index (χ4n) is 3.43. The minimum Gasteiger partial charge on any atom is -0.348 e. The summed E-state index contributed by atoms with van der Waals surface area (Å²) in [5, 5.41) is 5.30. The van der Waals surface area contributed by atoms with Crippen LogP contribution in [-0.4, -0.2) is 59.5 Å². The molecule has 2 aromatic heterocycles. The zero-order valence-corrected chi connectivity index (χ0v) is 15.7. The Morgan fingerprint density at radius 1 is 1.24 bits per heavy atom. The molecular formula is C19H26N4OS. The number of hydrogen-bond donors (Lipinski definition) is 1. The molecule has 1 N–H and O–H groups in total. The molecule has 5 nitrogen and oxygen atoms in total. The summed E-state index contributed by atoms with van der Waals surface area (Å²) in [6.07, 6.45) is 3.31. The van der Waals surface area contributed by atoms with Crippen LogP contribution < -0.4 is 5.32 Å². The number of nitrogens with zero attached hydrogens (tertiary/aromatic N) is 3. The van der Waals surface area contributed by atoms with Gasteiger partial charge in [0.05, 0.1) is 6.04 Å². The van der Waals surface area contributed by atoms with Crippen LogP contribution in [0.1, 0.15) is 35.1 Å². The van der Waals surface area contributed by atoms with Gasteiger partial charge in [0.2, 0.25) is 0 Å². The molecule has 0 spiro atoms. The van der Waals surface area contributed by atoms with E-state index in [1.165, 1.54) is 4.88 Å². The molecule has 1 saturated heterocycles. The van der Waals surface area contributed by atoms with E-state index in [0.717, 1.165) is 32.7 Å². The van der Waals surface area contributed by atoms with E-state index >= 15 is 0 Å². The monoisotopic (exact) mass is 358 g/mol. The number of rotatable bonds is 6. The molecule has 1 amide bonds. The van der Waals surface area contributed by atoms with E-state index in [0.29, 0.717) is 5.56 Å². The Kier molecular flexibility index (Phi) is 6.18. The number of carbonyl (C=O) groups excluding carboxylic acids is 1. The number of likely N-dealkylation sites (N-methyl/N-ethyl adjacent to an activating group) is 1. The van der Waals surface area contributed by atoms with Gasteiger partial charge >= 0.3 is 0 Å². The first kappa shape index (κ1) is 18.0. The first-order chi connectivity index (χ1) is 12.2. The Morgan fingerprint density at radius 2 is 1.96 bits per heavy atom. The van der Waals surface area contributed by atoms with E-state index in [4.69, 9.17) is 0 Å². The van der Waals surface area contributed by atoms with Crippen molar-refractivity contribution >= 4 is 17.2 Å². The molecule has 2 atom stereocenters. The van der Waals surface area contributed by atoms with Crippen LogP contribution in [0.3, 0.4) is 0 Å². The third-order valence-corrected chi connectivity index (χ3v) is 5.80. The first-order valence-electron chi connectivity index (χ1n) is 8.89. The molecule has 1 aliphatic heterocycles. The van der Waals surface area contributed by atoms with Crippen LogP contribution in [0.4, 0.5) is 0 Å². The molecule has 0 bridgehead atoms. The van der Waals surface area contributed by atoms with E-state index < -0.39 is 0 Å². The molecule has 1 fully saturated rings. The van der Waals surface area contributed by atoms with Crippen molar-refractivity contribution in [1.29, 1.82) is 0 Å². The molecule has 2 aromatic rings. The van der Waals surface area contributed by atoms with Crippen LogP contribution in [-0.2, 0) is 0 Å². The number of thiophene rings is 1. The van der Waals surface area contributed by atoms with Crippen LogP contribution in [0.15, 0.2) is 42.0 Å². The predicted octanol–water partition coefficient (Wildman–Crippen LogP) is 2.64. The van der Waals surface area contributed by atoms with Gasteiger partial charge in [-0.15, -0.1) is 11.3 Å². The minimum atomic E-state index is -0.0383. The van der Waals surface area contributed by atoms with Crippen molar-refractivity contribution in [1.82, 2.24) is 20.1 Å². The van der Waals surface area contributed by atoms with Crippen molar-refractivity contribution in [2.75, 3.05) is 32.7 Å². The minimum absolute atomic E-state index is 0.0347. The van der Waals surface area contributed by atoms with Gasteiger partial charge in [-0.25, -0.2) is 0 Å². The number of carbonyl (C=O) groups is 1. The van der Waals surface area contributed by atoms with E-state index in [1.807, 2.05) is 0 Å². The van der Waals surface area contributed by atoms with Crippen molar-refractivity contribution in [3.8, 4) is 0 Å². The normalized spacial score (nSPS) is 18.6. The lowest BCUT2D eigenvalue weighted by molar-refractivity contribution is 0.0753. The van der Waals surface area contributed by atoms with E-state index in [-0.39, 0.29) is 18.0 Å². The molecule has 3 rings (SSSR count). The van der Waals surface area contributed by atoms with Crippen LogP contribution in [0, 0.1) is 0 Å². The van der Waals surface area contributed by atoms with E-state index in [2.05, 4.69) is 51.5 Å². The maximum atomic E-state index is 12.5. The number of pyridine rings is 1. The maximum Gasteiger partial charge on any atom is 0.251 e. The highest BCUT2D eigenvalue weighted by atomic mass is 32.1. The SMILES string of the molecule is CCN1CCN(C(c2cccs2)C(C)NC(=O)c2ccncc2)CC1. The smallest absolute Gasteiger partial charge is 0.251 e. The fourth-order valence-corrected chi connectivity index (χ4v) is 4.40. The van der Waals surface area contributed by atoms with Gasteiger partial charge in [0.15, 0.2) is 0 Å². The molecule has 134 valence electrons. The zero-order chi connectivity index (χ0) is 17.6. The number of aromatic nitrogens is 1. The molecule has 0 aromatic carbocycles. The Bertz CT molecular complexity index is 653. The Labute approximate surface area is 153 Å². The highest BCUT2D eigenvalue weighted by Crippen LogP contribution is 2.29. The van der Waals surface area contributed by atoms with Gasteiger partial charge in [-0.05, 0) is 37.0 Å². The van der Waals surface area contributed by atoms with Crippen molar-refractivity contribution < 1.29 is 4.79 Å². The van der Waals surface area contributed by atoms with Gasteiger partial charge in [0.1, 0.15) is 0 Å². The third-order valence-electron chi connectivity index (χ3n) is 4.86. The Morgan fingerprint density at radius 3 is 2.56 bits per heavy atom. The number of hydrogen-bond acceptors (Lipinski definition) is 5. The highest BCUT2D eigenvalue weighted by molar-refractivity contribution is 7.10. The van der Waals surface area contributed by atoms with Crippen molar-refractivity contribution in [3.05, 3.63) is 52.5 Å². The van der Waals surface area contributed by atoms with Gasteiger partial charge < -0.3 is 10.2 Å². The van der Waals surface area contributed by atoms with E-state index in [1.54, 1.807) is 35.9 Å². The summed E-state index contributed by atoms with van der Waals surface area (Å²) in [7, 11) is 0. The molecule has 1 aliphatic rings. The molecule has 0 saturated carbocycles. The quantitative estimate of drug-likeness (QED) is 0.862. The lowest BCUT2D eigenvalue weighted by Crippen LogP contribution is -2.52. The molecule has 3 heterocycles. The van der Waals surface area contributed by atoms with Gasteiger partial charge in [-0.1, -0.05) is 13.0 Å². The summed E-state index contributed by atoms with van der Waals surface area (Å²) < 4.78 is 0. The molecular weight excluding hydrogens is 332 g/mol. The van der Waals surface area contributed by atoms with Gasteiger partial charge in [-0.2, -0.15) is 0 Å². The first-order valence-corrected chi connectivity index (χ1v) is 9.77. The maximum absolute atomic E-state index is 12.5. The number of piperazine rings is 1. The molecule has 0 aliphatic carbocycles. The van der Waals surface area contributed by atoms with Crippen LogP contribution in [0.25, 0.3) is 0 Å². The second-order valence-electron chi connectivity index (χ2n) is 6.43. The second kappa shape index (κ2) is 8.56. The predicted molar refractivity (Wildman–Crippen MR) is 102 cm³/mol. The van der Waals surface area contributed by atoms with Crippen LogP contribution in [0.5, 0.6) is 0 Å². The largest absolute Gasteiger partial charge is 0.348 e. The summed E-state index contributed by atoms with van der Waals surface area (Å²) in [6, 6.07) is 8.02. The van der Waals surface area contributed by atoms with Crippen molar-refractivity contribution in [2.24, 2.45) is 0 Å². The number of nitrogens with one attached hydrogen (secondary N) is 1. The van der Waals surface area contributed by atoms with E-state index in [9.17, 15) is 4.79 Å². The zero-order valence-electron chi connectivity index (χ0n) is 14.9. The highest BCUT2D eigenvalue weighted by Gasteiger charge is 2.30. The van der Waals surface area contributed by atoms with Gasteiger partial charge in [0, 0.05) is 55.1 Å². The fraction of sp³-hybridized carbons (Fsp3) is 0.474. The van der Waals surface area contributed by atoms with Crippen molar-refractivity contribution in [2.45, 2.75) is 25.9 Å².